The van der Waals surface area contributed by atoms with E-state index in [1.165, 1.54) is 33.5 Å². The lowest BCUT2D eigenvalue weighted by atomic mass is 9.49. The van der Waals surface area contributed by atoms with E-state index in [9.17, 15) is 35.4 Å². The third-order valence-corrected chi connectivity index (χ3v) is 15.2. The molecular weight excluding hydrogens is 650 g/mol. The number of fused-ring (bicyclic) bond motifs is 5. The number of hydrogen-bond donors (Lipinski definition) is 6. The topological polar surface area (TPSA) is 188 Å². The second-order valence-corrected chi connectivity index (χ2v) is 17.1. The number of hydrogen-bond acceptors (Lipinski definition) is 13. The summed E-state index contributed by atoms with van der Waals surface area (Å²) in [7, 11) is 4.35. The van der Waals surface area contributed by atoms with Crippen LogP contribution in [0.4, 0.5) is 0 Å². The Morgan fingerprint density at radius 1 is 0.860 bits per heavy atom. The second-order valence-electron chi connectivity index (χ2n) is 17.1. The zero-order valence-corrected chi connectivity index (χ0v) is 29.8. The van der Waals surface area contributed by atoms with Crippen LogP contribution in [0.3, 0.4) is 0 Å². The van der Waals surface area contributed by atoms with Crippen LogP contribution < -0.4 is 14.2 Å². The summed E-state index contributed by atoms with van der Waals surface area (Å²) in [5, 5.41) is 74.9. The number of piperidine rings is 2. The number of carbonyl (C=O) groups excluding carboxylic acids is 1. The minimum atomic E-state index is -2.11. The monoisotopic (exact) mass is 703 g/mol. The minimum Gasteiger partial charge on any atom is -0.493 e. The van der Waals surface area contributed by atoms with E-state index < -0.39 is 81.2 Å². The molecule has 50 heavy (non-hydrogen) atoms. The van der Waals surface area contributed by atoms with Crippen molar-refractivity contribution < 1.29 is 59.1 Å². The number of esters is 1. The minimum absolute atomic E-state index is 0.117. The first-order chi connectivity index (χ1) is 23.4. The fraction of sp³-hybridized carbons (Fsp3) is 0.811. The Kier molecular flexibility index (Phi) is 7.44. The van der Waals surface area contributed by atoms with Gasteiger partial charge in [-0.2, -0.15) is 0 Å². The number of benzene rings is 1. The third-order valence-electron chi connectivity index (χ3n) is 15.2. The highest BCUT2D eigenvalue weighted by Crippen LogP contribution is 2.78. The fourth-order valence-corrected chi connectivity index (χ4v) is 12.8. The number of rotatable bonds is 5. The highest BCUT2D eigenvalue weighted by molar-refractivity contribution is 5.91. The first-order valence-electron chi connectivity index (χ1n) is 18.2. The largest absolute Gasteiger partial charge is 0.493 e. The average Bonchev–Trinajstić information content (AvgIpc) is 3.24. The second kappa shape index (κ2) is 10.7. The Morgan fingerprint density at radius 3 is 2.16 bits per heavy atom. The van der Waals surface area contributed by atoms with Crippen LogP contribution in [-0.2, 0) is 9.47 Å². The van der Waals surface area contributed by atoms with Crippen molar-refractivity contribution >= 4 is 5.97 Å². The summed E-state index contributed by atoms with van der Waals surface area (Å²) in [6, 6.07) is 2.54. The predicted octanol–water partition coefficient (Wildman–Crippen LogP) is 1.36. The van der Waals surface area contributed by atoms with Gasteiger partial charge in [-0.15, -0.1) is 0 Å². The number of aliphatic hydroxyl groups excluding tert-OH is 1. The number of nitrogens with zero attached hydrogens (tertiary/aromatic N) is 1. The van der Waals surface area contributed by atoms with Crippen molar-refractivity contribution in [1.82, 2.24) is 4.90 Å². The molecule has 1 aromatic rings. The summed E-state index contributed by atoms with van der Waals surface area (Å²) in [6.07, 6.45) is -0.0196. The molecule has 3 saturated heterocycles. The van der Waals surface area contributed by atoms with Gasteiger partial charge in [-0.3, -0.25) is 4.90 Å². The first kappa shape index (κ1) is 34.8. The van der Waals surface area contributed by atoms with Crippen molar-refractivity contribution in [2.45, 2.75) is 124 Å². The molecule has 4 bridgehead atoms. The summed E-state index contributed by atoms with van der Waals surface area (Å²) in [4.78, 5) is 15.8. The molecule has 13 nitrogen and oxygen atoms in total. The van der Waals surface area contributed by atoms with Crippen LogP contribution in [-0.4, -0.2) is 128 Å². The summed E-state index contributed by atoms with van der Waals surface area (Å²) >= 11 is 0. The molecule has 0 unspecified atom stereocenters. The van der Waals surface area contributed by atoms with E-state index in [2.05, 4.69) is 11.8 Å². The van der Waals surface area contributed by atoms with Gasteiger partial charge >= 0.3 is 5.97 Å². The summed E-state index contributed by atoms with van der Waals surface area (Å²) < 4.78 is 29.2. The van der Waals surface area contributed by atoms with Crippen LogP contribution in [0.2, 0.25) is 0 Å². The molecule has 0 radical (unpaired) electrons. The van der Waals surface area contributed by atoms with Gasteiger partial charge < -0.3 is 54.3 Å². The Morgan fingerprint density at radius 2 is 1.52 bits per heavy atom. The third kappa shape index (κ3) is 3.88. The van der Waals surface area contributed by atoms with Crippen molar-refractivity contribution in [3.05, 3.63) is 17.7 Å². The molecule has 1 spiro atoms. The SMILES string of the molecule is COc1cc(C(=O)O[C@@H]2CC[C@@]3(C)[C@@H]4CC[C@H]5[C@]6(O)C[C@H](O)[C@@]7(O)[C@@H](CN8C[C@@H](C)CC[C@H]8[C@@]7(C)O)[C@]6(O)C[C@@]53O[C@@]42O)cc(OC)c1OC. The van der Waals surface area contributed by atoms with E-state index >= 15 is 0 Å². The normalized spacial score (nSPS) is 51.9. The summed E-state index contributed by atoms with van der Waals surface area (Å²) in [6.45, 7) is 6.54. The van der Waals surface area contributed by atoms with Gasteiger partial charge in [0.2, 0.25) is 11.5 Å². The lowest BCUT2D eigenvalue weighted by molar-refractivity contribution is -0.354. The Bertz CT molecular complexity index is 1560. The van der Waals surface area contributed by atoms with Gasteiger partial charge in [-0.25, -0.2) is 4.79 Å². The molecule has 3 aliphatic heterocycles. The standard InChI is InChI=1S/C37H53NO12/c1-19-7-10-26-32(3,41)36(44)25(17-38(26)16-19)34(43)18-35-24(33(34,42)15-27(36)39)9-8-23-31(35,2)12-11-28(37(23,45)50-35)49-30(40)20-13-21(46-4)29(48-6)22(14-20)47-5/h13-14,19,23-28,39,41-45H,7-12,15-18H2,1-6H3/t19-,23-,24-,25-,26-,27-,28+,31-,32+,33+,34+,35+,36-,37-/m0/s1. The molecule has 1 aromatic carbocycles. The molecule has 6 N–H and O–H groups in total. The van der Waals surface area contributed by atoms with Gasteiger partial charge in [0.1, 0.15) is 22.4 Å². The van der Waals surface area contributed by atoms with Crippen molar-refractivity contribution in [3.8, 4) is 17.2 Å². The number of methoxy groups -OCH3 is 3. The van der Waals surface area contributed by atoms with Crippen LogP contribution in [0.15, 0.2) is 12.1 Å². The molecule has 0 aromatic heterocycles. The maximum Gasteiger partial charge on any atom is 0.338 e. The molecule has 278 valence electrons. The highest BCUT2D eigenvalue weighted by Gasteiger charge is 2.88. The van der Waals surface area contributed by atoms with Crippen LogP contribution in [0.5, 0.6) is 17.2 Å². The van der Waals surface area contributed by atoms with Crippen molar-refractivity contribution in [2.24, 2.45) is 29.1 Å². The van der Waals surface area contributed by atoms with E-state index in [1.807, 2.05) is 6.92 Å². The van der Waals surface area contributed by atoms with E-state index in [0.29, 0.717) is 43.9 Å². The molecular formula is C37H53NO12. The van der Waals surface area contributed by atoms with Crippen LogP contribution >= 0.6 is 0 Å². The zero-order chi connectivity index (χ0) is 36.0. The van der Waals surface area contributed by atoms with Gasteiger partial charge in [0.25, 0.3) is 0 Å². The van der Waals surface area contributed by atoms with E-state index in [0.717, 1.165) is 6.42 Å². The van der Waals surface area contributed by atoms with E-state index in [1.54, 1.807) is 6.92 Å². The van der Waals surface area contributed by atoms with Crippen LogP contribution in [0, 0.1) is 29.1 Å². The Labute approximate surface area is 292 Å². The lowest BCUT2D eigenvalue weighted by Gasteiger charge is -2.68. The van der Waals surface area contributed by atoms with Crippen molar-refractivity contribution in [2.75, 3.05) is 34.4 Å². The maximum absolute atomic E-state index is 13.7. The van der Waals surface area contributed by atoms with Crippen LogP contribution in [0.1, 0.15) is 82.5 Å². The maximum atomic E-state index is 13.7. The van der Waals surface area contributed by atoms with Crippen molar-refractivity contribution in [3.63, 3.8) is 0 Å². The molecule has 3 heterocycles. The number of ether oxygens (including phenoxy) is 5. The predicted molar refractivity (Wildman–Crippen MR) is 176 cm³/mol. The smallest absolute Gasteiger partial charge is 0.338 e. The molecule has 4 saturated carbocycles. The van der Waals surface area contributed by atoms with E-state index in [4.69, 9.17) is 23.7 Å². The molecule has 0 amide bonds. The summed E-state index contributed by atoms with van der Waals surface area (Å²) in [5.74, 6) is -3.76. The quantitative estimate of drug-likeness (QED) is 0.242. The zero-order valence-electron chi connectivity index (χ0n) is 29.8. The number of aliphatic hydroxyl groups is 6. The van der Waals surface area contributed by atoms with Gasteiger partial charge in [0.05, 0.1) is 38.6 Å². The summed E-state index contributed by atoms with van der Waals surface area (Å²) in [5.41, 5.74) is -9.64. The van der Waals surface area contributed by atoms with Gasteiger partial charge in [-0.05, 0) is 63.5 Å². The first-order valence-corrected chi connectivity index (χ1v) is 18.2. The van der Waals surface area contributed by atoms with Crippen LogP contribution in [0.25, 0.3) is 0 Å². The van der Waals surface area contributed by atoms with Gasteiger partial charge in [0, 0.05) is 55.1 Å². The van der Waals surface area contributed by atoms with Gasteiger partial charge in [-0.1, -0.05) is 13.8 Å². The molecule has 7 fully saturated rings. The molecule has 7 aliphatic rings. The Hall–Kier alpha value is -2.23. The molecule has 14 atom stereocenters. The lowest BCUT2D eigenvalue weighted by Crippen LogP contribution is -2.85. The molecule has 13 heteroatoms. The molecule has 4 aliphatic carbocycles. The number of carbonyl (C=O) groups is 1. The Balaban J connectivity index is 1.16. The highest BCUT2D eigenvalue weighted by atomic mass is 16.7. The van der Waals surface area contributed by atoms with E-state index in [-0.39, 0.29) is 42.9 Å². The average molecular weight is 704 g/mol. The van der Waals surface area contributed by atoms with Gasteiger partial charge in [0.15, 0.2) is 17.6 Å². The fourth-order valence-electron chi connectivity index (χ4n) is 12.8. The molecule has 8 rings (SSSR count). The van der Waals surface area contributed by atoms with Crippen molar-refractivity contribution in [1.29, 1.82) is 0 Å².